The third-order valence-corrected chi connectivity index (χ3v) is 7.19. The maximum absolute atomic E-state index is 10.9. The molecule has 0 bridgehead atoms. The number of ketones is 1. The molecule has 0 spiro atoms. The van der Waals surface area contributed by atoms with Crippen molar-refractivity contribution in [3.05, 3.63) is 90.0 Å². The Balaban J connectivity index is 0.000000170. The van der Waals surface area contributed by atoms with Gasteiger partial charge in [-0.1, -0.05) is 54.2 Å². The highest BCUT2D eigenvalue weighted by atomic mass is 32.2. The number of hydrogen-bond donors (Lipinski definition) is 1. The van der Waals surface area contributed by atoms with Crippen LogP contribution < -0.4 is 9.64 Å². The van der Waals surface area contributed by atoms with E-state index in [0.717, 1.165) is 39.4 Å². The minimum Gasteiger partial charge on any atom is -0.497 e. The van der Waals surface area contributed by atoms with Gasteiger partial charge in [0.25, 0.3) is 0 Å². The Morgan fingerprint density at radius 1 is 0.861 bits per heavy atom. The molecular weight excluding hydrogens is 470 g/mol. The largest absolute Gasteiger partial charge is 0.497 e. The van der Waals surface area contributed by atoms with Crippen LogP contribution in [0.25, 0.3) is 10.8 Å². The Labute approximate surface area is 215 Å². The zero-order valence-corrected chi connectivity index (χ0v) is 21.5. The number of aliphatic carboxylic acids is 1. The number of hydrogen-bond acceptors (Lipinski definition) is 5. The minimum atomic E-state index is -0.800. The number of aryl methyl sites for hydroxylation is 1. The summed E-state index contributed by atoms with van der Waals surface area (Å²) < 4.78 is 5.19. The molecule has 0 atom stereocenters. The number of ether oxygens (including phenoxy) is 1. The van der Waals surface area contributed by atoms with Crippen molar-refractivity contribution in [1.29, 1.82) is 0 Å². The normalized spacial score (nSPS) is 11.7. The second kappa shape index (κ2) is 11.3. The number of carbonyl (C=O) groups excluding carboxylic acids is 1. The van der Waals surface area contributed by atoms with E-state index in [1.165, 1.54) is 15.8 Å². The standard InChI is InChI=1S/C15H13NO2S.C15H16O2/c1-16-11-4-2-3-5-13(11)19-14-7-6-10(8-12(14)16)9-15(17)18;1-11(16)3-4-12-5-6-14-10-15(17-2)8-7-13(14)9-12/h2-8H,9H2,1H3,(H,17,18);5-10H,3-4H2,1-2H3. The molecule has 0 aromatic heterocycles. The van der Waals surface area contributed by atoms with Crippen LogP contribution in [0.15, 0.2) is 88.7 Å². The van der Waals surface area contributed by atoms with Crippen LogP contribution in [-0.4, -0.2) is 31.0 Å². The van der Waals surface area contributed by atoms with E-state index in [9.17, 15) is 9.59 Å². The maximum Gasteiger partial charge on any atom is 0.307 e. The highest BCUT2D eigenvalue weighted by Crippen LogP contribution is 2.47. The lowest BCUT2D eigenvalue weighted by molar-refractivity contribution is -0.136. The zero-order valence-electron chi connectivity index (χ0n) is 20.7. The molecular formula is C30H29NO4S. The molecule has 0 radical (unpaired) electrons. The van der Waals surface area contributed by atoms with Crippen molar-refractivity contribution < 1.29 is 19.4 Å². The van der Waals surface area contributed by atoms with Gasteiger partial charge in [-0.05, 0) is 71.6 Å². The van der Waals surface area contributed by atoms with Crippen LogP contribution >= 0.6 is 11.8 Å². The van der Waals surface area contributed by atoms with Gasteiger partial charge in [0.1, 0.15) is 11.5 Å². The van der Waals surface area contributed by atoms with Crippen molar-refractivity contribution in [2.45, 2.75) is 36.0 Å². The third-order valence-electron chi connectivity index (χ3n) is 6.06. The van der Waals surface area contributed by atoms with E-state index in [1.807, 2.05) is 55.6 Å². The van der Waals surface area contributed by atoms with Crippen LogP contribution in [0.2, 0.25) is 0 Å². The third kappa shape index (κ3) is 6.07. The molecule has 6 heteroatoms. The Kier molecular flexibility index (Phi) is 7.96. The number of nitrogens with zero attached hydrogens (tertiary/aromatic N) is 1. The summed E-state index contributed by atoms with van der Waals surface area (Å²) in [6.07, 6.45) is 1.49. The molecule has 0 saturated carbocycles. The first-order chi connectivity index (χ1) is 17.3. The molecule has 0 amide bonds. The smallest absolute Gasteiger partial charge is 0.307 e. The number of Topliss-reactive ketones (excluding diaryl/α,β-unsaturated/α-hetero) is 1. The summed E-state index contributed by atoms with van der Waals surface area (Å²) in [5, 5.41) is 11.2. The number of carbonyl (C=O) groups is 2. The summed E-state index contributed by atoms with van der Waals surface area (Å²) in [5.74, 6) is 0.306. The van der Waals surface area contributed by atoms with Crippen LogP contribution in [0, 0.1) is 0 Å². The van der Waals surface area contributed by atoms with Crippen LogP contribution in [0.5, 0.6) is 5.75 Å². The Morgan fingerprint density at radius 2 is 1.56 bits per heavy atom. The van der Waals surface area contributed by atoms with Gasteiger partial charge in [0.05, 0.1) is 24.9 Å². The number of carboxylic acid groups (broad SMARTS) is 1. The van der Waals surface area contributed by atoms with E-state index in [-0.39, 0.29) is 12.2 Å². The van der Waals surface area contributed by atoms with Crippen molar-refractivity contribution in [2.75, 3.05) is 19.1 Å². The van der Waals surface area contributed by atoms with Gasteiger partial charge >= 0.3 is 5.97 Å². The van der Waals surface area contributed by atoms with Crippen LogP contribution in [0.4, 0.5) is 11.4 Å². The average molecular weight is 500 g/mol. The summed E-state index contributed by atoms with van der Waals surface area (Å²) in [6.45, 7) is 1.63. The first-order valence-corrected chi connectivity index (χ1v) is 12.6. The Hall–Kier alpha value is -3.77. The van der Waals surface area contributed by atoms with Crippen molar-refractivity contribution in [1.82, 2.24) is 0 Å². The number of fused-ring (bicyclic) bond motifs is 3. The van der Waals surface area contributed by atoms with Gasteiger partial charge in [0.2, 0.25) is 0 Å². The fourth-order valence-electron chi connectivity index (χ4n) is 4.14. The molecule has 1 aliphatic rings. The molecule has 184 valence electrons. The predicted octanol–water partition coefficient (Wildman–Crippen LogP) is 6.92. The fourth-order valence-corrected chi connectivity index (χ4v) is 5.27. The van der Waals surface area contributed by atoms with Crippen molar-refractivity contribution in [3.8, 4) is 5.75 Å². The van der Waals surface area contributed by atoms with Crippen molar-refractivity contribution >= 4 is 45.7 Å². The highest BCUT2D eigenvalue weighted by molar-refractivity contribution is 7.99. The highest BCUT2D eigenvalue weighted by Gasteiger charge is 2.20. The van der Waals surface area contributed by atoms with E-state index in [4.69, 9.17) is 9.84 Å². The van der Waals surface area contributed by atoms with Gasteiger partial charge in [-0.3, -0.25) is 4.79 Å². The number of anilines is 2. The summed E-state index contributed by atoms with van der Waals surface area (Å²) in [4.78, 5) is 26.3. The quantitative estimate of drug-likeness (QED) is 0.311. The fraction of sp³-hybridized carbons (Fsp3) is 0.200. The molecule has 1 N–H and O–H groups in total. The van der Waals surface area contributed by atoms with Gasteiger partial charge in [0.15, 0.2) is 0 Å². The lowest BCUT2D eigenvalue weighted by Gasteiger charge is -2.29. The van der Waals surface area contributed by atoms with Gasteiger partial charge in [0, 0.05) is 23.3 Å². The Morgan fingerprint density at radius 3 is 2.31 bits per heavy atom. The number of benzene rings is 4. The molecule has 5 nitrogen and oxygen atoms in total. The summed E-state index contributed by atoms with van der Waals surface area (Å²) in [5.41, 5.74) is 4.27. The molecule has 1 aliphatic heterocycles. The lowest BCUT2D eigenvalue weighted by Crippen LogP contribution is -2.15. The van der Waals surface area contributed by atoms with Crippen molar-refractivity contribution in [2.24, 2.45) is 0 Å². The van der Waals surface area contributed by atoms with Gasteiger partial charge in [-0.25, -0.2) is 0 Å². The topological polar surface area (TPSA) is 66.8 Å². The number of para-hydroxylation sites is 1. The zero-order chi connectivity index (χ0) is 25.7. The molecule has 0 unspecified atom stereocenters. The first-order valence-electron chi connectivity index (χ1n) is 11.8. The molecule has 4 aromatic rings. The van der Waals surface area contributed by atoms with Gasteiger partial charge in [-0.2, -0.15) is 0 Å². The Bertz CT molecular complexity index is 1420. The lowest BCUT2D eigenvalue weighted by atomic mass is 10.0. The van der Waals surface area contributed by atoms with E-state index in [0.29, 0.717) is 6.42 Å². The van der Waals surface area contributed by atoms with E-state index >= 15 is 0 Å². The predicted molar refractivity (Wildman–Crippen MR) is 146 cm³/mol. The van der Waals surface area contributed by atoms with Crippen LogP contribution in [0.3, 0.4) is 0 Å². The minimum absolute atomic E-state index is 0.0629. The van der Waals surface area contributed by atoms with Crippen LogP contribution in [-0.2, 0) is 22.4 Å². The molecule has 0 saturated heterocycles. The molecule has 4 aromatic carbocycles. The molecule has 36 heavy (non-hydrogen) atoms. The summed E-state index contributed by atoms with van der Waals surface area (Å²) in [7, 11) is 3.68. The second-order valence-electron chi connectivity index (χ2n) is 8.75. The maximum atomic E-state index is 10.9. The SMILES string of the molecule is CN1c2ccccc2Sc2ccc(CC(=O)O)cc21.COc1ccc2cc(CCC(C)=O)ccc2c1. The molecule has 0 fully saturated rings. The van der Waals surface area contributed by atoms with E-state index in [1.54, 1.807) is 25.8 Å². The van der Waals surface area contributed by atoms with Crippen molar-refractivity contribution in [3.63, 3.8) is 0 Å². The van der Waals surface area contributed by atoms with Gasteiger partial charge < -0.3 is 19.5 Å². The average Bonchev–Trinajstić information content (AvgIpc) is 2.87. The number of methoxy groups -OCH3 is 1. The molecule has 0 aliphatic carbocycles. The summed E-state index contributed by atoms with van der Waals surface area (Å²) in [6, 6.07) is 26.4. The second-order valence-corrected chi connectivity index (χ2v) is 9.83. The van der Waals surface area contributed by atoms with Gasteiger partial charge in [-0.15, -0.1) is 0 Å². The number of rotatable bonds is 6. The van der Waals surface area contributed by atoms with Crippen LogP contribution in [0.1, 0.15) is 24.5 Å². The number of carboxylic acids is 1. The van der Waals surface area contributed by atoms with E-state index in [2.05, 4.69) is 35.2 Å². The molecule has 5 rings (SSSR count). The monoisotopic (exact) mass is 499 g/mol. The molecule has 1 heterocycles. The summed E-state index contributed by atoms with van der Waals surface area (Å²) >= 11 is 1.72. The van der Waals surface area contributed by atoms with E-state index < -0.39 is 5.97 Å². The first kappa shape index (κ1) is 25.3.